The maximum Gasteiger partial charge on any atom is 0.301 e. The molecular formula is C23H26ClN7O2. The number of rotatable bonds is 5. The van der Waals surface area contributed by atoms with Crippen LogP contribution in [-0.2, 0) is 13.1 Å². The second-order valence-electron chi connectivity index (χ2n) is 7.74. The quantitative estimate of drug-likeness (QED) is 0.569. The number of piperidine rings is 1. The van der Waals surface area contributed by atoms with Gasteiger partial charge in [-0.05, 0) is 37.5 Å². The second-order valence-corrected chi connectivity index (χ2v) is 7.74. The average Bonchev–Trinajstić information content (AvgIpc) is 3.18. The first-order valence-electron chi connectivity index (χ1n) is 10.5. The maximum absolute atomic E-state index is 13.6. The Hall–Kier alpha value is -3.53. The lowest BCUT2D eigenvalue weighted by molar-refractivity contribution is 0.353. The molecule has 1 unspecified atom stereocenters. The van der Waals surface area contributed by atoms with Gasteiger partial charge in [-0.3, -0.25) is 13.9 Å². The Balaban J connectivity index is 0.00000306. The number of anilines is 1. The number of fused-ring (bicyclic) bond motifs is 1. The molecule has 0 aliphatic carbocycles. The third kappa shape index (κ3) is 4.80. The number of imidazole rings is 1. The van der Waals surface area contributed by atoms with Gasteiger partial charge < -0.3 is 15.4 Å². The lowest BCUT2D eigenvalue weighted by Gasteiger charge is -2.31. The van der Waals surface area contributed by atoms with Gasteiger partial charge in [-0.15, -0.1) is 18.3 Å². The van der Waals surface area contributed by atoms with E-state index >= 15 is 0 Å². The zero-order chi connectivity index (χ0) is 22.7. The Bertz CT molecular complexity index is 1300. The van der Waals surface area contributed by atoms with Crippen LogP contribution in [0, 0.1) is 23.2 Å². The summed E-state index contributed by atoms with van der Waals surface area (Å²) in [4.78, 5) is 24.9. The first-order valence-corrected chi connectivity index (χ1v) is 10.5. The van der Waals surface area contributed by atoms with E-state index in [1.165, 1.54) is 11.7 Å². The molecule has 1 atom stereocenters. The third-order valence-corrected chi connectivity index (χ3v) is 5.57. The summed E-state index contributed by atoms with van der Waals surface area (Å²) in [5, 5.41) is 9.02. The minimum absolute atomic E-state index is 0. The summed E-state index contributed by atoms with van der Waals surface area (Å²) in [6.07, 6.45) is 1.93. The highest BCUT2D eigenvalue weighted by molar-refractivity contribution is 5.85. The van der Waals surface area contributed by atoms with Crippen LogP contribution in [0.25, 0.3) is 11.2 Å². The largest absolute Gasteiger partial charge is 0.468 e. The van der Waals surface area contributed by atoms with E-state index in [9.17, 15) is 4.79 Å². The molecule has 1 aromatic carbocycles. The lowest BCUT2D eigenvalue weighted by atomic mass is 10.1. The summed E-state index contributed by atoms with van der Waals surface area (Å²) < 4.78 is 8.74. The van der Waals surface area contributed by atoms with E-state index in [0.717, 1.165) is 24.9 Å². The van der Waals surface area contributed by atoms with Gasteiger partial charge in [-0.2, -0.15) is 15.2 Å². The highest BCUT2D eigenvalue weighted by Crippen LogP contribution is 2.24. The van der Waals surface area contributed by atoms with E-state index in [-0.39, 0.29) is 36.6 Å². The van der Waals surface area contributed by atoms with Crippen molar-refractivity contribution in [3.05, 3.63) is 45.7 Å². The van der Waals surface area contributed by atoms with Gasteiger partial charge in [0.1, 0.15) is 0 Å². The highest BCUT2D eigenvalue weighted by atomic mass is 35.5. The number of nitrogens with two attached hydrogens (primary N) is 1. The molecule has 3 heterocycles. The highest BCUT2D eigenvalue weighted by Gasteiger charge is 2.26. The van der Waals surface area contributed by atoms with E-state index in [0.29, 0.717) is 35.8 Å². The van der Waals surface area contributed by atoms with Gasteiger partial charge in [0.2, 0.25) is 5.95 Å². The fraction of sp³-hybridized carbons (Fsp3) is 0.391. The molecule has 1 fully saturated rings. The molecule has 9 nitrogen and oxygen atoms in total. The van der Waals surface area contributed by atoms with Crippen LogP contribution in [0.1, 0.15) is 30.9 Å². The van der Waals surface area contributed by atoms with Crippen LogP contribution in [0.15, 0.2) is 29.1 Å². The Kier molecular flexibility index (Phi) is 7.59. The molecule has 0 spiro atoms. The Labute approximate surface area is 198 Å². The van der Waals surface area contributed by atoms with Crippen molar-refractivity contribution in [1.82, 2.24) is 19.1 Å². The molecule has 4 rings (SSSR count). The normalized spacial score (nSPS) is 15.3. The minimum atomic E-state index is -0.255. The van der Waals surface area contributed by atoms with Gasteiger partial charge >= 0.3 is 6.01 Å². The van der Waals surface area contributed by atoms with Crippen molar-refractivity contribution in [1.29, 1.82) is 5.26 Å². The van der Waals surface area contributed by atoms with Gasteiger partial charge in [0.15, 0.2) is 11.2 Å². The molecular weight excluding hydrogens is 442 g/mol. The molecule has 1 aliphatic heterocycles. The van der Waals surface area contributed by atoms with Gasteiger partial charge in [-0.25, -0.2) is 0 Å². The van der Waals surface area contributed by atoms with Crippen LogP contribution in [0.4, 0.5) is 5.95 Å². The molecule has 0 radical (unpaired) electrons. The van der Waals surface area contributed by atoms with Crippen LogP contribution in [-0.4, -0.2) is 45.3 Å². The van der Waals surface area contributed by atoms with Gasteiger partial charge in [0.25, 0.3) is 5.56 Å². The predicted octanol–water partition coefficient (Wildman–Crippen LogP) is 1.89. The van der Waals surface area contributed by atoms with E-state index in [1.807, 2.05) is 16.7 Å². The summed E-state index contributed by atoms with van der Waals surface area (Å²) in [6.45, 7) is 3.83. The van der Waals surface area contributed by atoms with E-state index in [2.05, 4.69) is 32.8 Å². The molecule has 3 aromatic rings. The van der Waals surface area contributed by atoms with Crippen molar-refractivity contribution in [2.75, 3.05) is 25.1 Å². The molecule has 1 saturated heterocycles. The molecule has 33 heavy (non-hydrogen) atoms. The van der Waals surface area contributed by atoms with Crippen molar-refractivity contribution in [2.45, 2.75) is 38.9 Å². The first kappa shape index (κ1) is 24.1. The molecule has 172 valence electrons. The number of hydrogen-bond donors (Lipinski definition) is 1. The minimum Gasteiger partial charge on any atom is -0.468 e. The number of ether oxygens (including phenoxy) is 1. The van der Waals surface area contributed by atoms with Crippen LogP contribution in [0.3, 0.4) is 0 Å². The number of benzene rings is 1. The van der Waals surface area contributed by atoms with E-state index < -0.39 is 0 Å². The summed E-state index contributed by atoms with van der Waals surface area (Å²) in [5.74, 6) is 6.60. The number of nitrogens with zero attached hydrogens (tertiary/aromatic N) is 6. The topological polar surface area (TPSA) is 115 Å². The molecule has 10 heteroatoms. The number of halogens is 1. The van der Waals surface area contributed by atoms with Gasteiger partial charge in [0, 0.05) is 19.1 Å². The van der Waals surface area contributed by atoms with Crippen LogP contribution in [0.5, 0.6) is 6.01 Å². The number of nitriles is 1. The molecule has 1 aliphatic rings. The maximum atomic E-state index is 13.6. The van der Waals surface area contributed by atoms with E-state index in [4.69, 9.17) is 15.7 Å². The summed E-state index contributed by atoms with van der Waals surface area (Å²) in [6, 6.07) is 9.41. The molecule has 0 amide bonds. The second kappa shape index (κ2) is 10.4. The van der Waals surface area contributed by atoms with Crippen molar-refractivity contribution in [2.24, 2.45) is 5.73 Å². The summed E-state index contributed by atoms with van der Waals surface area (Å²) in [7, 11) is 1.48. The molecule has 2 N–H and O–H groups in total. The average molecular weight is 468 g/mol. The van der Waals surface area contributed by atoms with Crippen LogP contribution in [0.2, 0.25) is 0 Å². The number of hydrogen-bond acceptors (Lipinski definition) is 7. The van der Waals surface area contributed by atoms with Crippen molar-refractivity contribution in [3.63, 3.8) is 0 Å². The fourth-order valence-corrected chi connectivity index (χ4v) is 3.99. The SMILES string of the molecule is CC#CCn1c(N2CCCC(N)C2)nc2nc(OC)n(Cc3ccc(C#N)cc3)c(=O)c21.Cl. The van der Waals surface area contributed by atoms with Crippen LogP contribution < -0.4 is 20.9 Å². The Morgan fingerprint density at radius 3 is 2.64 bits per heavy atom. The zero-order valence-electron chi connectivity index (χ0n) is 18.6. The Morgan fingerprint density at radius 1 is 1.24 bits per heavy atom. The number of aromatic nitrogens is 4. The smallest absolute Gasteiger partial charge is 0.301 e. The monoisotopic (exact) mass is 467 g/mol. The van der Waals surface area contributed by atoms with Crippen molar-refractivity contribution >= 4 is 29.5 Å². The first-order chi connectivity index (χ1) is 15.5. The summed E-state index contributed by atoms with van der Waals surface area (Å²) in [5.41, 5.74) is 8.06. The lowest BCUT2D eigenvalue weighted by Crippen LogP contribution is -2.44. The van der Waals surface area contributed by atoms with Crippen molar-refractivity contribution < 1.29 is 4.74 Å². The van der Waals surface area contributed by atoms with Crippen LogP contribution >= 0.6 is 12.4 Å². The standard InChI is InChI=1S/C23H25N7O2.ClH/c1-3-4-12-29-19-20(26-22(29)28-11-5-6-18(25)15-28)27-23(32-2)30(21(19)31)14-17-9-7-16(13-24)8-10-17;/h7-10,18H,5-6,11-12,14-15,25H2,1-2H3;1H. The van der Waals surface area contributed by atoms with Gasteiger partial charge in [0.05, 0.1) is 31.8 Å². The Morgan fingerprint density at radius 2 is 2.00 bits per heavy atom. The number of methoxy groups -OCH3 is 1. The molecule has 0 saturated carbocycles. The third-order valence-electron chi connectivity index (χ3n) is 5.57. The molecule has 0 bridgehead atoms. The van der Waals surface area contributed by atoms with Gasteiger partial charge in [-0.1, -0.05) is 18.1 Å². The molecule has 2 aromatic heterocycles. The predicted molar refractivity (Wildman–Crippen MR) is 129 cm³/mol. The van der Waals surface area contributed by atoms with Crippen molar-refractivity contribution in [3.8, 4) is 23.9 Å². The fourth-order valence-electron chi connectivity index (χ4n) is 3.99. The van der Waals surface area contributed by atoms with E-state index in [1.54, 1.807) is 19.1 Å². The summed E-state index contributed by atoms with van der Waals surface area (Å²) >= 11 is 0. The zero-order valence-corrected chi connectivity index (χ0v) is 19.4.